The molecule has 2 N–H and O–H groups in total. The molecule has 0 radical (unpaired) electrons. The van der Waals surface area contributed by atoms with Crippen molar-refractivity contribution in [3.8, 4) is 0 Å². The zero-order chi connectivity index (χ0) is 18.1. The van der Waals surface area contributed by atoms with Crippen molar-refractivity contribution in [2.24, 2.45) is 4.99 Å². The van der Waals surface area contributed by atoms with Crippen LogP contribution in [0.25, 0.3) is 11.0 Å². The molecule has 25 heavy (non-hydrogen) atoms. The first-order valence-corrected chi connectivity index (χ1v) is 8.82. The fourth-order valence-corrected chi connectivity index (χ4v) is 2.59. The Bertz CT molecular complexity index is 681. The molecule has 1 aromatic carbocycles. The first-order chi connectivity index (χ1) is 12.2. The molecule has 6 heteroatoms. The van der Waals surface area contributed by atoms with E-state index in [1.54, 1.807) is 7.11 Å². The van der Waals surface area contributed by atoms with Gasteiger partial charge < -0.3 is 24.7 Å². The second kappa shape index (κ2) is 10.1. The summed E-state index contributed by atoms with van der Waals surface area (Å²) >= 11 is 0. The fraction of sp³-hybridized carbons (Fsp3) is 0.526. The standard InChI is InChI=1S/C19H30N4O2/c1-5-20-19(21-10-11-23(3)12-13-24-4)22-14-18-15(2)16-8-6-7-9-17(16)25-18/h6-9H,5,10-14H2,1-4H3,(H2,20,21,22). The molecule has 0 saturated carbocycles. The SMILES string of the molecule is CCNC(=NCc1oc2ccccc2c1C)NCCN(C)CCOC. The predicted molar refractivity (Wildman–Crippen MR) is 103 cm³/mol. The van der Waals surface area contributed by atoms with Crippen molar-refractivity contribution in [1.82, 2.24) is 15.5 Å². The average Bonchev–Trinajstić information content (AvgIpc) is 2.94. The molecule has 0 aliphatic heterocycles. The third kappa shape index (κ3) is 5.76. The predicted octanol–water partition coefficient (Wildman–Crippen LogP) is 2.37. The van der Waals surface area contributed by atoms with E-state index < -0.39 is 0 Å². The van der Waals surface area contributed by atoms with Gasteiger partial charge in [-0.15, -0.1) is 0 Å². The van der Waals surface area contributed by atoms with Crippen molar-refractivity contribution in [3.63, 3.8) is 0 Å². The van der Waals surface area contributed by atoms with Gasteiger partial charge in [-0.25, -0.2) is 4.99 Å². The van der Waals surface area contributed by atoms with Gasteiger partial charge in [0.2, 0.25) is 0 Å². The summed E-state index contributed by atoms with van der Waals surface area (Å²) in [6.45, 7) is 8.92. The second-order valence-electron chi connectivity index (χ2n) is 6.06. The molecule has 1 heterocycles. The molecule has 0 aliphatic carbocycles. The van der Waals surface area contributed by atoms with Gasteiger partial charge in [0.1, 0.15) is 17.9 Å². The van der Waals surface area contributed by atoms with Crippen molar-refractivity contribution in [2.75, 3.05) is 46.9 Å². The molecule has 1 aromatic heterocycles. The highest BCUT2D eigenvalue weighted by Crippen LogP contribution is 2.25. The lowest BCUT2D eigenvalue weighted by molar-refractivity contribution is 0.162. The van der Waals surface area contributed by atoms with Crippen molar-refractivity contribution >= 4 is 16.9 Å². The van der Waals surface area contributed by atoms with E-state index in [1.807, 2.05) is 18.2 Å². The van der Waals surface area contributed by atoms with Crippen molar-refractivity contribution < 1.29 is 9.15 Å². The smallest absolute Gasteiger partial charge is 0.191 e. The number of nitrogens with one attached hydrogen (secondary N) is 2. The van der Waals surface area contributed by atoms with Crippen LogP contribution in [0.3, 0.4) is 0 Å². The van der Waals surface area contributed by atoms with Crippen molar-refractivity contribution in [2.45, 2.75) is 20.4 Å². The Kier molecular flexibility index (Phi) is 7.76. The lowest BCUT2D eigenvalue weighted by Gasteiger charge is -2.17. The summed E-state index contributed by atoms with van der Waals surface area (Å²) in [5.41, 5.74) is 2.08. The maximum absolute atomic E-state index is 5.93. The molecule has 0 spiro atoms. The van der Waals surface area contributed by atoms with Crippen LogP contribution < -0.4 is 10.6 Å². The van der Waals surface area contributed by atoms with Gasteiger partial charge in [-0.2, -0.15) is 0 Å². The number of nitrogens with zero attached hydrogens (tertiary/aromatic N) is 2. The monoisotopic (exact) mass is 346 g/mol. The molecule has 0 aliphatic rings. The van der Waals surface area contributed by atoms with E-state index in [4.69, 9.17) is 9.15 Å². The van der Waals surface area contributed by atoms with Crippen LogP contribution in [-0.2, 0) is 11.3 Å². The number of fused-ring (bicyclic) bond motifs is 1. The van der Waals surface area contributed by atoms with Gasteiger partial charge >= 0.3 is 0 Å². The Balaban J connectivity index is 1.93. The average molecular weight is 346 g/mol. The summed E-state index contributed by atoms with van der Waals surface area (Å²) < 4.78 is 11.0. The van der Waals surface area contributed by atoms with E-state index in [2.05, 4.69) is 47.5 Å². The van der Waals surface area contributed by atoms with Crippen molar-refractivity contribution in [3.05, 3.63) is 35.6 Å². The summed E-state index contributed by atoms with van der Waals surface area (Å²) in [6.07, 6.45) is 0. The number of para-hydroxylation sites is 1. The summed E-state index contributed by atoms with van der Waals surface area (Å²) in [6, 6.07) is 8.10. The molecule has 0 atom stereocenters. The Morgan fingerprint density at radius 1 is 1.24 bits per heavy atom. The molecule has 0 bridgehead atoms. The number of benzene rings is 1. The maximum Gasteiger partial charge on any atom is 0.191 e. The van der Waals surface area contributed by atoms with E-state index in [0.717, 1.165) is 61.0 Å². The zero-order valence-electron chi connectivity index (χ0n) is 15.8. The van der Waals surface area contributed by atoms with Gasteiger partial charge in [0.15, 0.2) is 5.96 Å². The fourth-order valence-electron chi connectivity index (χ4n) is 2.59. The van der Waals surface area contributed by atoms with Gasteiger partial charge in [-0.3, -0.25) is 0 Å². The van der Waals surface area contributed by atoms with Crippen LogP contribution in [-0.4, -0.2) is 57.8 Å². The summed E-state index contributed by atoms with van der Waals surface area (Å²) in [4.78, 5) is 6.88. The number of likely N-dealkylation sites (N-methyl/N-ethyl adjacent to an activating group) is 1. The lowest BCUT2D eigenvalue weighted by atomic mass is 10.1. The number of furan rings is 1. The third-order valence-electron chi connectivity index (χ3n) is 4.13. The van der Waals surface area contributed by atoms with Crippen LogP contribution >= 0.6 is 0 Å². The highest BCUT2D eigenvalue weighted by atomic mass is 16.5. The molecule has 2 aromatic rings. The Labute approximate surface area is 150 Å². The van der Waals surface area contributed by atoms with Crippen LogP contribution in [0.5, 0.6) is 0 Å². The normalized spacial score (nSPS) is 12.1. The summed E-state index contributed by atoms with van der Waals surface area (Å²) in [7, 11) is 3.81. The van der Waals surface area contributed by atoms with Crippen LogP contribution in [0.2, 0.25) is 0 Å². The Hall–Kier alpha value is -2.05. The number of aliphatic imine (C=N–C) groups is 1. The molecular weight excluding hydrogens is 316 g/mol. The molecule has 0 unspecified atom stereocenters. The summed E-state index contributed by atoms with van der Waals surface area (Å²) in [5.74, 6) is 1.72. The van der Waals surface area contributed by atoms with E-state index >= 15 is 0 Å². The van der Waals surface area contributed by atoms with E-state index in [0.29, 0.717) is 6.54 Å². The quantitative estimate of drug-likeness (QED) is 0.539. The Morgan fingerprint density at radius 3 is 2.76 bits per heavy atom. The van der Waals surface area contributed by atoms with Gasteiger partial charge in [-0.05, 0) is 27.0 Å². The van der Waals surface area contributed by atoms with Crippen LogP contribution in [0.15, 0.2) is 33.7 Å². The van der Waals surface area contributed by atoms with E-state index in [1.165, 1.54) is 0 Å². The number of hydrogen-bond donors (Lipinski definition) is 2. The topological polar surface area (TPSA) is 62.0 Å². The van der Waals surface area contributed by atoms with Gasteiger partial charge in [0.25, 0.3) is 0 Å². The van der Waals surface area contributed by atoms with Gasteiger partial charge in [-0.1, -0.05) is 18.2 Å². The number of ether oxygens (including phenoxy) is 1. The van der Waals surface area contributed by atoms with Crippen LogP contribution in [0, 0.1) is 6.92 Å². The molecule has 2 rings (SSSR count). The first kappa shape index (κ1) is 19.3. The minimum atomic E-state index is 0.523. The van der Waals surface area contributed by atoms with E-state index in [9.17, 15) is 0 Å². The lowest BCUT2D eigenvalue weighted by Crippen LogP contribution is -2.41. The number of guanidine groups is 1. The molecule has 0 saturated heterocycles. The minimum absolute atomic E-state index is 0.523. The first-order valence-electron chi connectivity index (χ1n) is 8.82. The van der Waals surface area contributed by atoms with Crippen LogP contribution in [0.1, 0.15) is 18.2 Å². The molecular formula is C19H30N4O2. The van der Waals surface area contributed by atoms with Crippen molar-refractivity contribution in [1.29, 1.82) is 0 Å². The highest BCUT2D eigenvalue weighted by molar-refractivity contribution is 5.82. The zero-order valence-corrected chi connectivity index (χ0v) is 15.8. The third-order valence-corrected chi connectivity index (χ3v) is 4.13. The number of hydrogen-bond acceptors (Lipinski definition) is 4. The molecule has 0 fully saturated rings. The van der Waals surface area contributed by atoms with Gasteiger partial charge in [0.05, 0.1) is 6.61 Å². The Morgan fingerprint density at radius 2 is 2.04 bits per heavy atom. The molecule has 138 valence electrons. The maximum atomic E-state index is 5.93. The molecule has 6 nitrogen and oxygen atoms in total. The van der Waals surface area contributed by atoms with Gasteiger partial charge in [0, 0.05) is 44.2 Å². The molecule has 0 amide bonds. The van der Waals surface area contributed by atoms with Crippen LogP contribution in [0.4, 0.5) is 0 Å². The highest BCUT2D eigenvalue weighted by Gasteiger charge is 2.09. The minimum Gasteiger partial charge on any atom is -0.459 e. The second-order valence-corrected chi connectivity index (χ2v) is 6.06. The summed E-state index contributed by atoms with van der Waals surface area (Å²) in [5, 5.41) is 7.80. The largest absolute Gasteiger partial charge is 0.459 e. The van der Waals surface area contributed by atoms with E-state index in [-0.39, 0.29) is 0 Å². The number of rotatable bonds is 9. The number of aryl methyl sites for hydroxylation is 1. The number of methoxy groups -OCH3 is 1.